The SMILES string of the molecule is CCOC(=O)C1C(C)OC2OC(COCc3ccccc3)C(OCc3ccccc3)C(=O)C2S1=O. The van der Waals surface area contributed by atoms with Crippen LogP contribution >= 0.6 is 0 Å². The summed E-state index contributed by atoms with van der Waals surface area (Å²) in [6.45, 7) is 4.01. The number of esters is 1. The molecule has 7 unspecified atom stereocenters. The molecule has 0 radical (unpaired) electrons. The van der Waals surface area contributed by atoms with Crippen LogP contribution in [0.1, 0.15) is 25.0 Å². The zero-order chi connectivity index (χ0) is 24.8. The van der Waals surface area contributed by atoms with Crippen molar-refractivity contribution in [1.29, 1.82) is 0 Å². The number of carbonyl (C=O) groups is 2. The molecule has 0 aromatic heterocycles. The van der Waals surface area contributed by atoms with Crippen LogP contribution in [0.25, 0.3) is 0 Å². The first-order chi connectivity index (χ1) is 17.0. The van der Waals surface area contributed by atoms with Gasteiger partial charge in [-0.15, -0.1) is 0 Å². The zero-order valence-corrected chi connectivity index (χ0v) is 20.6. The molecule has 4 rings (SSSR count). The van der Waals surface area contributed by atoms with Crippen LogP contribution in [0.15, 0.2) is 60.7 Å². The van der Waals surface area contributed by atoms with Gasteiger partial charge in [0.15, 0.2) is 17.3 Å². The van der Waals surface area contributed by atoms with Gasteiger partial charge in [0.05, 0.1) is 43.3 Å². The first-order valence-corrected chi connectivity index (χ1v) is 12.9. The Bertz CT molecular complexity index is 1010. The normalized spacial score (nSPS) is 30.5. The number of rotatable bonds is 9. The molecule has 0 saturated carbocycles. The Hall–Kier alpha value is -2.43. The lowest BCUT2D eigenvalue weighted by molar-refractivity contribution is -0.246. The first-order valence-electron chi connectivity index (χ1n) is 11.7. The molecule has 9 heteroatoms. The summed E-state index contributed by atoms with van der Waals surface area (Å²) < 4.78 is 42.2. The Morgan fingerprint density at radius 3 is 2.23 bits per heavy atom. The van der Waals surface area contributed by atoms with Crippen molar-refractivity contribution in [1.82, 2.24) is 0 Å². The Morgan fingerprint density at radius 2 is 1.60 bits per heavy atom. The summed E-state index contributed by atoms with van der Waals surface area (Å²) in [5.41, 5.74) is 1.86. The van der Waals surface area contributed by atoms with E-state index in [4.69, 9.17) is 23.7 Å². The fourth-order valence-corrected chi connectivity index (χ4v) is 5.93. The predicted octanol–water partition coefficient (Wildman–Crippen LogP) is 2.55. The second kappa shape index (κ2) is 12.0. The van der Waals surface area contributed by atoms with Gasteiger partial charge in [0.2, 0.25) is 0 Å². The molecule has 2 saturated heterocycles. The van der Waals surface area contributed by atoms with Crippen molar-refractivity contribution in [3.05, 3.63) is 71.8 Å². The molecule has 0 N–H and O–H groups in total. The van der Waals surface area contributed by atoms with Gasteiger partial charge in [0.1, 0.15) is 17.5 Å². The first kappa shape index (κ1) is 25.7. The minimum atomic E-state index is -1.90. The van der Waals surface area contributed by atoms with E-state index in [0.29, 0.717) is 6.61 Å². The highest BCUT2D eigenvalue weighted by Crippen LogP contribution is 2.33. The van der Waals surface area contributed by atoms with Crippen LogP contribution in [0, 0.1) is 0 Å². The number of ketones is 1. The molecule has 2 aromatic carbocycles. The highest BCUT2D eigenvalue weighted by Gasteiger charge is 2.56. The van der Waals surface area contributed by atoms with Crippen LogP contribution < -0.4 is 0 Å². The van der Waals surface area contributed by atoms with Crippen LogP contribution in [-0.2, 0) is 57.3 Å². The molecular formula is C26H30O8S. The third kappa shape index (κ3) is 6.05. The topological polar surface area (TPSA) is 97.4 Å². The lowest BCUT2D eigenvalue weighted by Crippen LogP contribution is -2.65. The summed E-state index contributed by atoms with van der Waals surface area (Å²) in [6.07, 6.45) is -3.60. The lowest BCUT2D eigenvalue weighted by atomic mass is 10.0. The van der Waals surface area contributed by atoms with Crippen molar-refractivity contribution < 1.29 is 37.5 Å². The van der Waals surface area contributed by atoms with E-state index >= 15 is 0 Å². The predicted molar refractivity (Wildman–Crippen MR) is 128 cm³/mol. The maximum atomic E-state index is 13.6. The van der Waals surface area contributed by atoms with Gasteiger partial charge in [-0.05, 0) is 25.0 Å². The zero-order valence-electron chi connectivity index (χ0n) is 19.7. The second-order valence-corrected chi connectivity index (χ2v) is 10.1. The van der Waals surface area contributed by atoms with E-state index in [1.165, 1.54) is 0 Å². The summed E-state index contributed by atoms with van der Waals surface area (Å²) in [4.78, 5) is 26.0. The molecule has 2 aliphatic rings. The highest BCUT2D eigenvalue weighted by molar-refractivity contribution is 7.88. The van der Waals surface area contributed by atoms with Gasteiger partial charge >= 0.3 is 5.97 Å². The largest absolute Gasteiger partial charge is 0.465 e. The Labute approximate surface area is 207 Å². The summed E-state index contributed by atoms with van der Waals surface area (Å²) >= 11 is 0. The molecule has 0 bridgehead atoms. The highest BCUT2D eigenvalue weighted by atomic mass is 32.2. The van der Waals surface area contributed by atoms with Crippen molar-refractivity contribution in [2.75, 3.05) is 13.2 Å². The van der Waals surface area contributed by atoms with Crippen LogP contribution in [0.4, 0.5) is 0 Å². The maximum absolute atomic E-state index is 13.6. The molecule has 7 atom stereocenters. The fraction of sp³-hybridized carbons (Fsp3) is 0.462. The van der Waals surface area contributed by atoms with Crippen LogP contribution in [0.3, 0.4) is 0 Å². The molecule has 2 aliphatic heterocycles. The van der Waals surface area contributed by atoms with Crippen LogP contribution in [-0.4, -0.2) is 64.3 Å². The number of hydrogen-bond donors (Lipinski definition) is 0. The molecule has 8 nitrogen and oxygen atoms in total. The van der Waals surface area contributed by atoms with Crippen molar-refractivity contribution in [2.24, 2.45) is 0 Å². The molecule has 2 aromatic rings. The number of hydrogen-bond acceptors (Lipinski definition) is 8. The average Bonchev–Trinajstić information content (AvgIpc) is 2.85. The molecule has 0 spiro atoms. The fourth-order valence-electron chi connectivity index (χ4n) is 4.21. The smallest absolute Gasteiger partial charge is 0.324 e. The monoisotopic (exact) mass is 502 g/mol. The van der Waals surface area contributed by atoms with E-state index < -0.39 is 57.7 Å². The van der Waals surface area contributed by atoms with E-state index in [2.05, 4.69) is 0 Å². The molecule has 188 valence electrons. The Morgan fingerprint density at radius 1 is 0.971 bits per heavy atom. The standard InChI is InChI=1S/C26H30O8S/c1-3-31-25(28)23-17(2)33-26-24(35(23)29)21(27)22(32-15-19-12-8-5-9-13-19)20(34-26)16-30-14-18-10-6-4-7-11-18/h4-13,17,20,22-24,26H,3,14-16H2,1-2H3. The van der Waals surface area contributed by atoms with Gasteiger partial charge in [-0.1, -0.05) is 60.7 Å². The number of benzene rings is 2. The van der Waals surface area contributed by atoms with Crippen molar-refractivity contribution in [3.63, 3.8) is 0 Å². The maximum Gasteiger partial charge on any atom is 0.324 e. The van der Waals surface area contributed by atoms with Gasteiger partial charge in [-0.2, -0.15) is 0 Å². The van der Waals surface area contributed by atoms with Gasteiger partial charge in [0.25, 0.3) is 0 Å². The van der Waals surface area contributed by atoms with Gasteiger partial charge < -0.3 is 23.7 Å². The van der Waals surface area contributed by atoms with Gasteiger partial charge in [0, 0.05) is 0 Å². The summed E-state index contributed by atoms with van der Waals surface area (Å²) in [5, 5.41) is -2.24. The average molecular weight is 503 g/mol. The molecule has 35 heavy (non-hydrogen) atoms. The molecule has 0 aliphatic carbocycles. The van der Waals surface area contributed by atoms with Crippen molar-refractivity contribution in [3.8, 4) is 0 Å². The van der Waals surface area contributed by atoms with E-state index in [1.54, 1.807) is 13.8 Å². The van der Waals surface area contributed by atoms with E-state index in [0.717, 1.165) is 11.1 Å². The Balaban J connectivity index is 1.51. The lowest BCUT2D eigenvalue weighted by Gasteiger charge is -2.44. The van der Waals surface area contributed by atoms with E-state index in [-0.39, 0.29) is 19.8 Å². The quantitative estimate of drug-likeness (QED) is 0.483. The van der Waals surface area contributed by atoms with Gasteiger partial charge in [-0.25, -0.2) is 0 Å². The van der Waals surface area contributed by atoms with Crippen molar-refractivity contribution >= 4 is 22.6 Å². The third-order valence-electron chi connectivity index (χ3n) is 5.92. The summed E-state index contributed by atoms with van der Waals surface area (Å²) in [6, 6.07) is 19.1. The van der Waals surface area contributed by atoms with Gasteiger partial charge in [-0.3, -0.25) is 13.8 Å². The van der Waals surface area contributed by atoms with Crippen LogP contribution in [0.5, 0.6) is 0 Å². The molecule has 2 heterocycles. The molecule has 0 amide bonds. The van der Waals surface area contributed by atoms with E-state index in [9.17, 15) is 13.8 Å². The number of fused-ring (bicyclic) bond motifs is 1. The number of Topliss-reactive ketones (excluding diaryl/α,β-unsaturated/α-hetero) is 1. The number of ether oxygens (including phenoxy) is 5. The van der Waals surface area contributed by atoms with Crippen molar-refractivity contribution in [2.45, 2.75) is 62.2 Å². The third-order valence-corrected chi connectivity index (χ3v) is 7.95. The second-order valence-electron chi connectivity index (χ2n) is 8.43. The molecule has 2 fully saturated rings. The minimum Gasteiger partial charge on any atom is -0.465 e. The van der Waals surface area contributed by atoms with Crippen LogP contribution in [0.2, 0.25) is 0 Å². The number of carbonyl (C=O) groups excluding carboxylic acids is 2. The Kier molecular flexibility index (Phi) is 8.80. The molecular weight excluding hydrogens is 472 g/mol. The summed E-state index contributed by atoms with van der Waals surface area (Å²) in [7, 11) is -1.90. The summed E-state index contributed by atoms with van der Waals surface area (Å²) in [5.74, 6) is -1.08. The van der Waals surface area contributed by atoms with E-state index in [1.807, 2.05) is 60.7 Å². The minimum absolute atomic E-state index is 0.0784.